The zero-order valence-electron chi connectivity index (χ0n) is 10.5. The fourth-order valence-corrected chi connectivity index (χ4v) is 3.60. The summed E-state index contributed by atoms with van der Waals surface area (Å²) >= 11 is 0. The fourth-order valence-electron chi connectivity index (χ4n) is 3.60. The van der Waals surface area contributed by atoms with Crippen LogP contribution in [0.4, 0.5) is 0 Å². The molecule has 1 aromatic carbocycles. The standard InChI is InChI=1S/C15H14N2O2/c16-8-15-7-2-1-4-9-5-3-6-10(11(9)15)13(18)12(15)14(17)19/h3,5-6,12H,1-2,4,7H2,(H2,17,19). The van der Waals surface area contributed by atoms with Crippen LogP contribution in [-0.2, 0) is 16.6 Å². The van der Waals surface area contributed by atoms with Gasteiger partial charge in [0.05, 0.1) is 6.07 Å². The van der Waals surface area contributed by atoms with Crippen LogP contribution < -0.4 is 5.73 Å². The van der Waals surface area contributed by atoms with Gasteiger partial charge >= 0.3 is 0 Å². The highest BCUT2D eigenvalue weighted by molar-refractivity contribution is 6.15. The Bertz CT molecular complexity index is 630. The average Bonchev–Trinajstić information content (AvgIpc) is 2.54. The van der Waals surface area contributed by atoms with Gasteiger partial charge in [-0.15, -0.1) is 0 Å². The Balaban J connectivity index is 2.35. The Kier molecular flexibility index (Phi) is 2.46. The molecular weight excluding hydrogens is 240 g/mol. The van der Waals surface area contributed by atoms with Crippen LogP contribution in [0.3, 0.4) is 0 Å². The van der Waals surface area contributed by atoms with Crippen molar-refractivity contribution in [1.29, 1.82) is 5.26 Å². The summed E-state index contributed by atoms with van der Waals surface area (Å²) in [6.45, 7) is 0. The summed E-state index contributed by atoms with van der Waals surface area (Å²) in [7, 11) is 0. The first kappa shape index (κ1) is 11.9. The van der Waals surface area contributed by atoms with Gasteiger partial charge in [-0.3, -0.25) is 9.59 Å². The number of Topliss-reactive ketones (excluding diaryl/α,β-unsaturated/α-hetero) is 1. The summed E-state index contributed by atoms with van der Waals surface area (Å²) < 4.78 is 0. The van der Waals surface area contributed by atoms with Crippen LogP contribution in [0.1, 0.15) is 40.7 Å². The topological polar surface area (TPSA) is 83.9 Å². The van der Waals surface area contributed by atoms with Gasteiger partial charge < -0.3 is 5.73 Å². The van der Waals surface area contributed by atoms with E-state index in [0.29, 0.717) is 12.0 Å². The van der Waals surface area contributed by atoms with Gasteiger partial charge in [-0.25, -0.2) is 0 Å². The first-order valence-electron chi connectivity index (χ1n) is 6.49. The number of benzene rings is 1. The lowest BCUT2D eigenvalue weighted by Gasteiger charge is -2.26. The first-order valence-corrected chi connectivity index (χ1v) is 6.49. The number of carbonyl (C=O) groups excluding carboxylic acids is 2. The first-order chi connectivity index (χ1) is 9.12. The maximum atomic E-state index is 12.4. The second-order valence-corrected chi connectivity index (χ2v) is 5.33. The van der Waals surface area contributed by atoms with Crippen molar-refractivity contribution in [2.75, 3.05) is 0 Å². The number of nitrogens with two attached hydrogens (primary N) is 1. The zero-order chi connectivity index (χ0) is 13.6. The molecule has 2 aliphatic carbocycles. The number of amides is 1. The molecule has 0 aromatic heterocycles. The quantitative estimate of drug-likeness (QED) is 0.770. The highest BCUT2D eigenvalue weighted by atomic mass is 16.2. The summed E-state index contributed by atoms with van der Waals surface area (Å²) in [5.74, 6) is -1.99. The molecule has 0 radical (unpaired) electrons. The third kappa shape index (κ3) is 1.39. The number of hydrogen-bond donors (Lipinski definition) is 1. The van der Waals surface area contributed by atoms with Crippen molar-refractivity contribution in [2.45, 2.75) is 31.1 Å². The van der Waals surface area contributed by atoms with Gasteiger partial charge in [-0.05, 0) is 30.4 Å². The summed E-state index contributed by atoms with van der Waals surface area (Å²) in [6, 6.07) is 7.74. The molecule has 4 nitrogen and oxygen atoms in total. The predicted molar refractivity (Wildman–Crippen MR) is 68.3 cm³/mol. The smallest absolute Gasteiger partial charge is 0.230 e. The zero-order valence-corrected chi connectivity index (χ0v) is 10.5. The Hall–Kier alpha value is -2.15. The number of hydrogen-bond acceptors (Lipinski definition) is 3. The molecule has 96 valence electrons. The fraction of sp³-hybridized carbons (Fsp3) is 0.400. The molecule has 2 aliphatic rings. The number of primary amides is 1. The van der Waals surface area contributed by atoms with E-state index in [9.17, 15) is 14.9 Å². The van der Waals surface area contributed by atoms with E-state index in [0.717, 1.165) is 30.4 Å². The average molecular weight is 254 g/mol. The largest absolute Gasteiger partial charge is 0.369 e. The highest BCUT2D eigenvalue weighted by Gasteiger charge is 2.56. The van der Waals surface area contributed by atoms with Crippen LogP contribution in [0, 0.1) is 17.2 Å². The van der Waals surface area contributed by atoms with Crippen LogP contribution in [-0.4, -0.2) is 11.7 Å². The molecule has 2 unspecified atom stereocenters. The predicted octanol–water partition coefficient (Wildman–Crippen LogP) is 1.47. The third-order valence-corrected chi connectivity index (χ3v) is 4.37. The van der Waals surface area contributed by atoms with Gasteiger partial charge in [0.2, 0.25) is 5.91 Å². The van der Waals surface area contributed by atoms with Crippen molar-refractivity contribution in [2.24, 2.45) is 11.7 Å². The summed E-state index contributed by atoms with van der Waals surface area (Å²) in [6.07, 6.45) is 3.19. The molecule has 1 amide bonds. The van der Waals surface area contributed by atoms with Crippen LogP contribution in [0.15, 0.2) is 18.2 Å². The minimum Gasteiger partial charge on any atom is -0.369 e. The monoisotopic (exact) mass is 254 g/mol. The maximum absolute atomic E-state index is 12.4. The van der Waals surface area contributed by atoms with E-state index in [1.165, 1.54) is 0 Å². The second-order valence-electron chi connectivity index (χ2n) is 5.33. The molecule has 0 saturated heterocycles. The molecule has 4 heteroatoms. The minimum atomic E-state index is -1.04. The van der Waals surface area contributed by atoms with Gasteiger partial charge in [0.15, 0.2) is 5.78 Å². The number of ketones is 1. The van der Waals surface area contributed by atoms with E-state index < -0.39 is 17.2 Å². The molecule has 3 rings (SSSR count). The Morgan fingerprint density at radius 1 is 1.42 bits per heavy atom. The SMILES string of the molecule is N#CC12CCCCc3cccc(c31)C(=O)C2C(N)=O. The van der Waals surface area contributed by atoms with Gasteiger partial charge in [-0.1, -0.05) is 24.6 Å². The molecule has 0 bridgehead atoms. The minimum absolute atomic E-state index is 0.284. The van der Waals surface area contributed by atoms with E-state index >= 15 is 0 Å². The second kappa shape index (κ2) is 3.92. The number of nitrogens with zero attached hydrogens (tertiary/aromatic N) is 1. The summed E-state index contributed by atoms with van der Waals surface area (Å²) in [5.41, 5.74) is 6.68. The van der Waals surface area contributed by atoms with Crippen molar-refractivity contribution in [3.05, 3.63) is 34.9 Å². The lowest BCUT2D eigenvalue weighted by atomic mass is 9.72. The van der Waals surface area contributed by atoms with Gasteiger partial charge in [-0.2, -0.15) is 5.26 Å². The maximum Gasteiger partial charge on any atom is 0.230 e. The van der Waals surface area contributed by atoms with E-state index in [-0.39, 0.29) is 5.78 Å². The van der Waals surface area contributed by atoms with Crippen molar-refractivity contribution in [3.8, 4) is 6.07 Å². The number of aryl methyl sites for hydroxylation is 1. The number of nitriles is 1. The number of rotatable bonds is 1. The van der Waals surface area contributed by atoms with Crippen LogP contribution in [0.2, 0.25) is 0 Å². The molecule has 1 aromatic rings. The molecule has 0 saturated carbocycles. The van der Waals surface area contributed by atoms with Crippen LogP contribution >= 0.6 is 0 Å². The third-order valence-electron chi connectivity index (χ3n) is 4.37. The van der Waals surface area contributed by atoms with E-state index in [4.69, 9.17) is 5.73 Å². The summed E-state index contributed by atoms with van der Waals surface area (Å²) in [5, 5.41) is 9.67. The lowest BCUT2D eigenvalue weighted by Crippen LogP contribution is -2.41. The molecule has 19 heavy (non-hydrogen) atoms. The van der Waals surface area contributed by atoms with Crippen LogP contribution in [0.5, 0.6) is 0 Å². The Morgan fingerprint density at radius 2 is 2.21 bits per heavy atom. The molecule has 0 heterocycles. The van der Waals surface area contributed by atoms with Crippen molar-refractivity contribution in [1.82, 2.24) is 0 Å². The Labute approximate surface area is 111 Å². The molecule has 0 aliphatic heterocycles. The van der Waals surface area contributed by atoms with E-state index in [1.807, 2.05) is 12.1 Å². The van der Waals surface area contributed by atoms with Crippen molar-refractivity contribution < 1.29 is 9.59 Å². The number of carbonyl (C=O) groups is 2. The lowest BCUT2D eigenvalue weighted by molar-refractivity contribution is -0.121. The van der Waals surface area contributed by atoms with Gasteiger partial charge in [0.25, 0.3) is 0 Å². The van der Waals surface area contributed by atoms with Crippen molar-refractivity contribution in [3.63, 3.8) is 0 Å². The van der Waals surface area contributed by atoms with Crippen molar-refractivity contribution >= 4 is 11.7 Å². The normalized spacial score (nSPS) is 28.4. The highest BCUT2D eigenvalue weighted by Crippen LogP contribution is 2.49. The van der Waals surface area contributed by atoms with Gasteiger partial charge in [0, 0.05) is 5.56 Å². The summed E-state index contributed by atoms with van der Waals surface area (Å²) in [4.78, 5) is 24.1. The Morgan fingerprint density at radius 3 is 2.89 bits per heavy atom. The molecule has 0 spiro atoms. The molecule has 2 atom stereocenters. The van der Waals surface area contributed by atoms with E-state index in [1.54, 1.807) is 6.07 Å². The molecule has 2 N–H and O–H groups in total. The molecule has 0 fully saturated rings. The van der Waals surface area contributed by atoms with E-state index in [2.05, 4.69) is 6.07 Å². The molecular formula is C15H14N2O2. The van der Waals surface area contributed by atoms with Crippen LogP contribution in [0.25, 0.3) is 0 Å². The van der Waals surface area contributed by atoms with Gasteiger partial charge in [0.1, 0.15) is 11.3 Å².